The lowest BCUT2D eigenvalue weighted by molar-refractivity contribution is -0.130. The number of hydrogen-bond donors (Lipinski definition) is 1. The molecule has 11 heteroatoms. The number of rotatable bonds is 3. The molecule has 1 aromatic carbocycles. The summed E-state index contributed by atoms with van der Waals surface area (Å²) in [5.74, 6) is -0.215. The molecule has 156 valence electrons. The van der Waals surface area contributed by atoms with Gasteiger partial charge in [-0.05, 0) is 37.3 Å². The van der Waals surface area contributed by atoms with E-state index in [1.165, 1.54) is 11.3 Å². The number of aliphatic imine (C=N–C) groups is 1. The summed E-state index contributed by atoms with van der Waals surface area (Å²) in [5.41, 5.74) is 0.255. The van der Waals surface area contributed by atoms with Crippen LogP contribution < -0.4 is 5.32 Å². The van der Waals surface area contributed by atoms with E-state index in [0.29, 0.717) is 32.1 Å². The summed E-state index contributed by atoms with van der Waals surface area (Å²) in [7, 11) is 0. The lowest BCUT2D eigenvalue weighted by atomic mass is 9.91. The van der Waals surface area contributed by atoms with Gasteiger partial charge >= 0.3 is 0 Å². The molecule has 0 spiro atoms. The zero-order chi connectivity index (χ0) is 21.8. The van der Waals surface area contributed by atoms with Crippen LogP contribution in [0.2, 0.25) is 10.0 Å². The second-order valence-corrected chi connectivity index (χ2v) is 8.89. The van der Waals surface area contributed by atoms with Crippen molar-refractivity contribution in [2.75, 3.05) is 5.32 Å². The third-order valence-corrected chi connectivity index (χ3v) is 6.49. The molecule has 1 unspecified atom stereocenters. The van der Waals surface area contributed by atoms with Crippen molar-refractivity contribution in [1.29, 1.82) is 0 Å². The fourth-order valence-electron chi connectivity index (χ4n) is 3.53. The number of halogens is 2. The van der Waals surface area contributed by atoms with Crippen LogP contribution in [0, 0.1) is 0 Å². The molecule has 3 aromatic rings. The fourth-order valence-corrected chi connectivity index (χ4v) is 4.74. The van der Waals surface area contributed by atoms with Gasteiger partial charge in [-0.3, -0.25) is 14.9 Å². The second-order valence-electron chi connectivity index (χ2n) is 7.21. The molecule has 1 N–H and O–H groups in total. The molecule has 2 amide bonds. The maximum absolute atomic E-state index is 13.2. The Morgan fingerprint density at radius 2 is 2.13 bits per heavy atom. The summed E-state index contributed by atoms with van der Waals surface area (Å²) in [6, 6.07) is 5.16. The van der Waals surface area contributed by atoms with Crippen LogP contribution in [0.15, 0.2) is 53.0 Å². The summed E-state index contributed by atoms with van der Waals surface area (Å²) in [5, 5.41) is 10.1. The number of thiazole rings is 1. The van der Waals surface area contributed by atoms with Gasteiger partial charge in [-0.25, -0.2) is 4.52 Å². The number of nitrogens with zero attached hydrogens (tertiary/aromatic N) is 5. The van der Waals surface area contributed by atoms with E-state index >= 15 is 0 Å². The largest absolute Gasteiger partial charge is 0.317 e. The first-order valence-corrected chi connectivity index (χ1v) is 10.9. The van der Waals surface area contributed by atoms with Crippen LogP contribution >= 0.6 is 34.5 Å². The third-order valence-electron chi connectivity index (χ3n) is 5.11. The number of amides is 2. The summed E-state index contributed by atoms with van der Waals surface area (Å²) in [6.07, 6.45) is 6.90. The number of amidine groups is 1. The van der Waals surface area contributed by atoms with Gasteiger partial charge in [-0.2, -0.15) is 9.98 Å². The molecular formula is C20H14Cl2N6O2S. The van der Waals surface area contributed by atoms with E-state index in [2.05, 4.69) is 20.4 Å². The van der Waals surface area contributed by atoms with Crippen molar-refractivity contribution in [2.45, 2.75) is 18.9 Å². The molecule has 2 aliphatic heterocycles. The maximum Gasteiger partial charge on any atom is 0.253 e. The SMILES string of the molecule is CC1(C(=O)Nc2nc3scc(-c4cc(Cl)ccc4Cl)n3n2)CC(=O)N=C2C=CC=CN21. The van der Waals surface area contributed by atoms with Crippen LogP contribution in [-0.4, -0.2) is 42.7 Å². The summed E-state index contributed by atoms with van der Waals surface area (Å²) in [6.45, 7) is 1.69. The van der Waals surface area contributed by atoms with Crippen molar-refractivity contribution in [3.63, 3.8) is 0 Å². The normalized spacial score (nSPS) is 20.2. The van der Waals surface area contributed by atoms with E-state index in [-0.39, 0.29) is 18.3 Å². The first kappa shape index (κ1) is 19.9. The summed E-state index contributed by atoms with van der Waals surface area (Å²) in [4.78, 5) is 36.0. The molecule has 0 saturated heterocycles. The van der Waals surface area contributed by atoms with Crippen molar-refractivity contribution in [2.24, 2.45) is 4.99 Å². The molecule has 2 aromatic heterocycles. The molecule has 4 heterocycles. The van der Waals surface area contributed by atoms with E-state index in [9.17, 15) is 9.59 Å². The first-order valence-electron chi connectivity index (χ1n) is 9.22. The van der Waals surface area contributed by atoms with E-state index < -0.39 is 11.4 Å². The zero-order valence-electron chi connectivity index (χ0n) is 16.0. The highest BCUT2D eigenvalue weighted by atomic mass is 35.5. The number of allylic oxidation sites excluding steroid dienone is 2. The van der Waals surface area contributed by atoms with Gasteiger partial charge in [-0.1, -0.05) is 29.3 Å². The van der Waals surface area contributed by atoms with E-state index in [4.69, 9.17) is 23.2 Å². The fraction of sp³-hybridized carbons (Fsp3) is 0.150. The van der Waals surface area contributed by atoms with E-state index in [1.54, 1.807) is 59.0 Å². The zero-order valence-corrected chi connectivity index (χ0v) is 18.4. The molecule has 0 saturated carbocycles. The van der Waals surface area contributed by atoms with Crippen molar-refractivity contribution < 1.29 is 9.59 Å². The Kier molecular flexibility index (Phi) is 4.69. The van der Waals surface area contributed by atoms with Crippen LogP contribution in [0.5, 0.6) is 0 Å². The van der Waals surface area contributed by atoms with Gasteiger partial charge in [0.2, 0.25) is 4.96 Å². The number of benzene rings is 1. The smallest absolute Gasteiger partial charge is 0.253 e. The number of aromatic nitrogens is 3. The minimum Gasteiger partial charge on any atom is -0.317 e. The number of anilines is 1. The highest BCUT2D eigenvalue weighted by Gasteiger charge is 2.45. The van der Waals surface area contributed by atoms with Crippen molar-refractivity contribution in [1.82, 2.24) is 19.5 Å². The van der Waals surface area contributed by atoms with E-state index in [1.807, 2.05) is 5.38 Å². The number of fused-ring (bicyclic) bond motifs is 2. The molecule has 1 atom stereocenters. The van der Waals surface area contributed by atoms with Crippen LogP contribution in [0.4, 0.5) is 5.95 Å². The van der Waals surface area contributed by atoms with Gasteiger partial charge in [0.1, 0.15) is 11.4 Å². The van der Waals surface area contributed by atoms with Gasteiger partial charge in [0.15, 0.2) is 0 Å². The number of carbonyl (C=O) groups is 2. The van der Waals surface area contributed by atoms with Crippen molar-refractivity contribution in [3.8, 4) is 11.3 Å². The topological polar surface area (TPSA) is 92.0 Å². The third kappa shape index (κ3) is 3.34. The highest BCUT2D eigenvalue weighted by molar-refractivity contribution is 7.15. The Morgan fingerprint density at radius 1 is 1.29 bits per heavy atom. The monoisotopic (exact) mass is 472 g/mol. The lowest BCUT2D eigenvalue weighted by Gasteiger charge is -2.41. The quantitative estimate of drug-likeness (QED) is 0.617. The van der Waals surface area contributed by atoms with Crippen molar-refractivity contribution >= 4 is 63.1 Å². The Balaban J connectivity index is 1.47. The molecular weight excluding hydrogens is 459 g/mol. The number of hydrogen-bond acceptors (Lipinski definition) is 6. The molecule has 2 aliphatic rings. The Labute approximate surface area is 190 Å². The molecule has 8 nitrogen and oxygen atoms in total. The molecule has 0 radical (unpaired) electrons. The average Bonchev–Trinajstić information content (AvgIpc) is 3.30. The van der Waals surface area contributed by atoms with Gasteiger partial charge in [0.05, 0.1) is 17.1 Å². The maximum atomic E-state index is 13.2. The molecule has 5 rings (SSSR count). The van der Waals surface area contributed by atoms with Gasteiger partial charge in [0, 0.05) is 22.2 Å². The van der Waals surface area contributed by atoms with Gasteiger partial charge in [-0.15, -0.1) is 16.4 Å². The predicted molar refractivity (Wildman–Crippen MR) is 121 cm³/mol. The number of nitrogens with one attached hydrogen (secondary N) is 1. The van der Waals surface area contributed by atoms with Crippen molar-refractivity contribution in [3.05, 3.63) is 58.1 Å². The Morgan fingerprint density at radius 3 is 2.97 bits per heavy atom. The van der Waals surface area contributed by atoms with Gasteiger partial charge in [0.25, 0.3) is 17.8 Å². The summed E-state index contributed by atoms with van der Waals surface area (Å²) < 4.78 is 1.60. The molecule has 0 aliphatic carbocycles. The highest BCUT2D eigenvalue weighted by Crippen LogP contribution is 2.34. The van der Waals surface area contributed by atoms with E-state index in [0.717, 1.165) is 0 Å². The molecule has 31 heavy (non-hydrogen) atoms. The summed E-state index contributed by atoms with van der Waals surface area (Å²) >= 11 is 13.8. The number of carbonyl (C=O) groups excluding carboxylic acids is 2. The van der Waals surface area contributed by atoms with Gasteiger partial charge < -0.3 is 4.90 Å². The Bertz CT molecular complexity index is 1340. The Hall–Kier alpha value is -3.01. The van der Waals surface area contributed by atoms with Crippen LogP contribution in [0.3, 0.4) is 0 Å². The molecule has 0 fully saturated rings. The molecule has 0 bridgehead atoms. The first-order chi connectivity index (χ1) is 14.8. The minimum absolute atomic E-state index is 0.0634. The van der Waals surface area contributed by atoms with Crippen LogP contribution in [0.25, 0.3) is 16.2 Å². The predicted octanol–water partition coefficient (Wildman–Crippen LogP) is 4.18. The lowest BCUT2D eigenvalue weighted by Crippen LogP contribution is -2.58. The minimum atomic E-state index is -1.16. The second kappa shape index (κ2) is 7.30. The average molecular weight is 473 g/mol. The van der Waals surface area contributed by atoms with Crippen LogP contribution in [0.1, 0.15) is 13.3 Å². The van der Waals surface area contributed by atoms with Crippen LogP contribution in [-0.2, 0) is 9.59 Å². The standard InChI is InChI=1S/C20H14Cl2N6O2S/c1-20(9-16(29)23-15-4-2-3-7-27(15)20)17(30)24-18-25-19-28(26-18)14(10-31-19)12-8-11(21)5-6-13(12)22/h2-8,10H,9H2,1H3,(H,24,26,30).